The Bertz CT molecular complexity index is 900. The first-order valence-corrected chi connectivity index (χ1v) is 8.65. The van der Waals surface area contributed by atoms with E-state index in [1.807, 2.05) is 24.3 Å². The maximum Gasteiger partial charge on any atom is 0.216 e. The van der Waals surface area contributed by atoms with Gasteiger partial charge < -0.3 is 0 Å². The lowest BCUT2D eigenvalue weighted by molar-refractivity contribution is 0.104. The molecule has 0 amide bonds. The number of nitrogens with zero attached hydrogens (tertiary/aromatic N) is 4. The number of hydrogen-bond donors (Lipinski definition) is 0. The molecule has 0 unspecified atom stereocenters. The van der Waals surface area contributed by atoms with Crippen molar-refractivity contribution in [3.8, 4) is 22.5 Å². The van der Waals surface area contributed by atoms with Gasteiger partial charge in [0.05, 0.1) is 21.1 Å². The van der Waals surface area contributed by atoms with Crippen LogP contribution in [0.15, 0.2) is 61.2 Å². The van der Waals surface area contributed by atoms with Crippen molar-refractivity contribution in [2.75, 3.05) is 0 Å². The minimum Gasteiger partial charge on any atom is -0.287 e. The molecular weight excluding hydrogens is 340 g/mol. The summed E-state index contributed by atoms with van der Waals surface area (Å²) in [5.74, 6) is -0.0599. The van der Waals surface area contributed by atoms with E-state index in [2.05, 4.69) is 18.7 Å². The summed E-state index contributed by atoms with van der Waals surface area (Å²) in [7, 11) is 0. The van der Waals surface area contributed by atoms with Crippen molar-refractivity contribution in [1.82, 2.24) is 18.7 Å². The first-order chi connectivity index (χ1) is 11.8. The van der Waals surface area contributed by atoms with E-state index < -0.39 is 0 Å². The average Bonchev–Trinajstić information content (AvgIpc) is 3.33. The Hall–Kier alpha value is -2.77. The zero-order valence-electron chi connectivity index (χ0n) is 12.3. The van der Waals surface area contributed by atoms with Crippen molar-refractivity contribution in [3.63, 3.8) is 0 Å². The number of hydrogen-bond acceptors (Lipinski definition) is 7. The number of carbonyl (C=O) groups is 1. The zero-order valence-corrected chi connectivity index (χ0v) is 13.9. The molecule has 116 valence electrons. The molecule has 0 spiro atoms. The fraction of sp³-hybridized carbons (Fsp3) is 0. The van der Waals surface area contributed by atoms with Crippen molar-refractivity contribution >= 4 is 28.8 Å². The molecule has 0 aliphatic carbocycles. The highest BCUT2D eigenvalue weighted by atomic mass is 32.1. The van der Waals surface area contributed by atoms with Crippen molar-refractivity contribution < 1.29 is 4.79 Å². The monoisotopic (exact) mass is 350 g/mol. The van der Waals surface area contributed by atoms with Crippen molar-refractivity contribution in [3.05, 3.63) is 70.9 Å². The van der Waals surface area contributed by atoms with E-state index in [1.165, 1.54) is 23.1 Å². The molecule has 24 heavy (non-hydrogen) atoms. The standard InChI is InChI=1S/C17H10N4OS2/c22-17(15-7-13(20-23-15)11-3-1-5-18-9-11)16-8-14(21-24-16)12-4-2-6-19-10-12/h1-10H. The Morgan fingerprint density at radius 1 is 0.792 bits per heavy atom. The molecule has 5 nitrogen and oxygen atoms in total. The summed E-state index contributed by atoms with van der Waals surface area (Å²) in [5, 5.41) is 0. The van der Waals surface area contributed by atoms with Crippen molar-refractivity contribution in [2.45, 2.75) is 0 Å². The van der Waals surface area contributed by atoms with Crippen LogP contribution in [0.5, 0.6) is 0 Å². The largest absolute Gasteiger partial charge is 0.287 e. The van der Waals surface area contributed by atoms with Crippen molar-refractivity contribution in [2.24, 2.45) is 0 Å². The van der Waals surface area contributed by atoms with Gasteiger partial charge in [0, 0.05) is 35.9 Å². The van der Waals surface area contributed by atoms with Crippen molar-refractivity contribution in [1.29, 1.82) is 0 Å². The van der Waals surface area contributed by atoms with Crippen LogP contribution in [-0.2, 0) is 0 Å². The van der Waals surface area contributed by atoms with Crippen LogP contribution in [0.1, 0.15) is 14.5 Å². The number of rotatable bonds is 4. The lowest BCUT2D eigenvalue weighted by atomic mass is 10.1. The summed E-state index contributed by atoms with van der Waals surface area (Å²) in [6, 6.07) is 11.1. The van der Waals surface area contributed by atoms with Crippen LogP contribution in [0, 0.1) is 0 Å². The van der Waals surface area contributed by atoms with Gasteiger partial charge in [0.1, 0.15) is 0 Å². The van der Waals surface area contributed by atoms with Gasteiger partial charge in [-0.3, -0.25) is 14.8 Å². The lowest BCUT2D eigenvalue weighted by Crippen LogP contribution is -1.94. The van der Waals surface area contributed by atoms with E-state index in [9.17, 15) is 4.79 Å². The van der Waals surface area contributed by atoms with Gasteiger partial charge in [-0.2, -0.15) is 8.75 Å². The molecule has 4 aromatic rings. The predicted octanol–water partition coefficient (Wildman–Crippen LogP) is 3.95. The van der Waals surface area contributed by atoms with Gasteiger partial charge in [-0.1, -0.05) is 0 Å². The molecule has 0 aliphatic heterocycles. The summed E-state index contributed by atoms with van der Waals surface area (Å²) in [4.78, 5) is 22.0. The van der Waals surface area contributed by atoms with Gasteiger partial charge in [-0.05, 0) is 59.5 Å². The Kier molecular flexibility index (Phi) is 3.94. The maximum absolute atomic E-state index is 12.6. The Labute approximate surface area is 146 Å². The second-order valence-corrected chi connectivity index (χ2v) is 6.58. The normalized spacial score (nSPS) is 10.7. The van der Waals surface area contributed by atoms with Gasteiger partial charge >= 0.3 is 0 Å². The van der Waals surface area contributed by atoms with Crippen LogP contribution in [0.4, 0.5) is 0 Å². The predicted molar refractivity (Wildman–Crippen MR) is 94.1 cm³/mol. The second-order valence-electron chi connectivity index (χ2n) is 4.97. The van der Waals surface area contributed by atoms with Crippen LogP contribution in [0.2, 0.25) is 0 Å². The Balaban J connectivity index is 1.61. The Morgan fingerprint density at radius 2 is 1.29 bits per heavy atom. The molecule has 0 atom stereocenters. The number of pyridine rings is 2. The summed E-state index contributed by atoms with van der Waals surface area (Å²) < 4.78 is 8.71. The number of aromatic nitrogens is 4. The third kappa shape index (κ3) is 2.86. The minimum absolute atomic E-state index is 0.0599. The van der Waals surface area contributed by atoms with Crippen LogP contribution in [0.3, 0.4) is 0 Å². The zero-order chi connectivity index (χ0) is 16.4. The summed E-state index contributed by atoms with van der Waals surface area (Å²) >= 11 is 2.38. The molecule has 0 saturated heterocycles. The fourth-order valence-corrected chi connectivity index (χ4v) is 3.68. The van der Waals surface area contributed by atoms with E-state index in [-0.39, 0.29) is 5.78 Å². The van der Waals surface area contributed by atoms with Crippen LogP contribution < -0.4 is 0 Å². The maximum atomic E-state index is 12.6. The smallest absolute Gasteiger partial charge is 0.216 e. The summed E-state index contributed by atoms with van der Waals surface area (Å²) in [5.41, 5.74) is 3.31. The van der Waals surface area contributed by atoms with Gasteiger partial charge in [-0.25, -0.2) is 0 Å². The number of carbonyl (C=O) groups excluding carboxylic acids is 1. The van der Waals surface area contributed by atoms with Crippen LogP contribution >= 0.6 is 23.1 Å². The van der Waals surface area contributed by atoms with E-state index in [4.69, 9.17) is 0 Å². The topological polar surface area (TPSA) is 68.6 Å². The molecule has 0 N–H and O–H groups in total. The molecule has 0 fully saturated rings. The highest BCUT2D eigenvalue weighted by Crippen LogP contribution is 2.27. The molecule has 0 radical (unpaired) electrons. The third-order valence-electron chi connectivity index (χ3n) is 3.38. The molecular formula is C17H10N4OS2. The van der Waals surface area contributed by atoms with Gasteiger partial charge in [-0.15, -0.1) is 0 Å². The molecule has 0 saturated carbocycles. The summed E-state index contributed by atoms with van der Waals surface area (Å²) in [6.07, 6.45) is 6.88. The first kappa shape index (κ1) is 14.8. The van der Waals surface area contributed by atoms with Crippen LogP contribution in [-0.4, -0.2) is 24.5 Å². The van der Waals surface area contributed by atoms with E-state index in [1.54, 1.807) is 36.9 Å². The van der Waals surface area contributed by atoms with E-state index in [0.717, 1.165) is 22.5 Å². The third-order valence-corrected chi connectivity index (χ3v) is 4.96. The fourth-order valence-electron chi connectivity index (χ4n) is 2.19. The first-order valence-electron chi connectivity index (χ1n) is 7.10. The highest BCUT2D eigenvalue weighted by Gasteiger charge is 2.17. The average molecular weight is 350 g/mol. The van der Waals surface area contributed by atoms with Gasteiger partial charge in [0.2, 0.25) is 5.78 Å². The Morgan fingerprint density at radius 3 is 1.71 bits per heavy atom. The molecule has 0 bridgehead atoms. The molecule has 4 aromatic heterocycles. The molecule has 0 aliphatic rings. The molecule has 0 aromatic carbocycles. The molecule has 4 heterocycles. The SMILES string of the molecule is O=C(c1cc(-c2cccnc2)ns1)c1cc(-c2cccnc2)ns1. The van der Waals surface area contributed by atoms with E-state index in [0.29, 0.717) is 9.75 Å². The minimum atomic E-state index is -0.0599. The summed E-state index contributed by atoms with van der Waals surface area (Å²) in [6.45, 7) is 0. The number of ketones is 1. The second kappa shape index (κ2) is 6.38. The van der Waals surface area contributed by atoms with E-state index >= 15 is 0 Å². The highest BCUT2D eigenvalue weighted by molar-refractivity contribution is 7.12. The molecule has 4 rings (SSSR count). The lowest BCUT2D eigenvalue weighted by Gasteiger charge is -1.93. The van der Waals surface area contributed by atoms with Gasteiger partial charge in [0.15, 0.2) is 0 Å². The molecule has 7 heteroatoms. The quantitative estimate of drug-likeness (QED) is 0.521. The van der Waals surface area contributed by atoms with Crippen LogP contribution in [0.25, 0.3) is 22.5 Å². The van der Waals surface area contributed by atoms with Gasteiger partial charge in [0.25, 0.3) is 0 Å².